The predicted molar refractivity (Wildman–Crippen MR) is 71.0 cm³/mol. The van der Waals surface area contributed by atoms with Gasteiger partial charge >= 0.3 is 5.97 Å². The highest BCUT2D eigenvalue weighted by Gasteiger charge is 2.13. The molecule has 0 spiro atoms. The van der Waals surface area contributed by atoms with Crippen LogP contribution < -0.4 is 4.74 Å². The van der Waals surface area contributed by atoms with E-state index in [2.05, 4.69) is 18.7 Å². The molecule has 0 aliphatic rings. The minimum Gasteiger partial charge on any atom is -0.496 e. The van der Waals surface area contributed by atoms with Crippen LogP contribution in [0.15, 0.2) is 18.2 Å². The smallest absolute Gasteiger partial charge is 0.341 e. The van der Waals surface area contributed by atoms with Gasteiger partial charge in [0.15, 0.2) is 0 Å². The Morgan fingerprint density at radius 1 is 1.22 bits per heavy atom. The van der Waals surface area contributed by atoms with Gasteiger partial charge in [-0.15, -0.1) is 0 Å². The van der Waals surface area contributed by atoms with Gasteiger partial charge in [0.05, 0.1) is 14.2 Å². The van der Waals surface area contributed by atoms with E-state index in [4.69, 9.17) is 9.47 Å². The van der Waals surface area contributed by atoms with E-state index in [9.17, 15) is 4.79 Å². The first-order valence-electron chi connectivity index (χ1n) is 6.13. The molecular formula is C14H21NO3. The molecule has 0 aliphatic carbocycles. The van der Waals surface area contributed by atoms with Gasteiger partial charge in [0.2, 0.25) is 0 Å². The van der Waals surface area contributed by atoms with Crippen LogP contribution in [0, 0.1) is 0 Å². The van der Waals surface area contributed by atoms with Crippen LogP contribution >= 0.6 is 0 Å². The Morgan fingerprint density at radius 3 is 2.39 bits per heavy atom. The first-order valence-corrected chi connectivity index (χ1v) is 6.13. The lowest BCUT2D eigenvalue weighted by atomic mass is 10.1. The van der Waals surface area contributed by atoms with Crippen LogP contribution in [-0.4, -0.2) is 38.2 Å². The van der Waals surface area contributed by atoms with Crippen LogP contribution in [0.2, 0.25) is 0 Å². The molecule has 1 aromatic rings. The Hall–Kier alpha value is -1.55. The molecule has 18 heavy (non-hydrogen) atoms. The summed E-state index contributed by atoms with van der Waals surface area (Å²) < 4.78 is 9.95. The lowest BCUT2D eigenvalue weighted by Gasteiger charge is -2.18. The monoisotopic (exact) mass is 251 g/mol. The topological polar surface area (TPSA) is 38.8 Å². The molecule has 100 valence electrons. The number of benzene rings is 1. The number of hydrogen-bond acceptors (Lipinski definition) is 4. The Kier molecular flexibility index (Phi) is 5.65. The van der Waals surface area contributed by atoms with Crippen molar-refractivity contribution in [3.8, 4) is 5.75 Å². The predicted octanol–water partition coefficient (Wildman–Crippen LogP) is 2.32. The van der Waals surface area contributed by atoms with E-state index >= 15 is 0 Å². The highest BCUT2D eigenvalue weighted by atomic mass is 16.5. The zero-order valence-corrected chi connectivity index (χ0v) is 11.5. The molecule has 0 bridgehead atoms. The fraction of sp³-hybridized carbons (Fsp3) is 0.500. The van der Waals surface area contributed by atoms with E-state index in [1.54, 1.807) is 13.2 Å². The van der Waals surface area contributed by atoms with Gasteiger partial charge in [-0.05, 0) is 30.8 Å². The Labute approximate surface area is 108 Å². The van der Waals surface area contributed by atoms with Crippen molar-refractivity contribution in [2.24, 2.45) is 0 Å². The molecule has 0 saturated heterocycles. The number of ether oxygens (including phenoxy) is 2. The molecule has 0 aliphatic heterocycles. The molecule has 0 N–H and O–H groups in total. The maximum atomic E-state index is 11.5. The number of hydrogen-bond donors (Lipinski definition) is 0. The Bertz CT molecular complexity index is 400. The molecule has 0 heterocycles. The molecule has 0 amide bonds. The zero-order valence-electron chi connectivity index (χ0n) is 11.5. The molecule has 1 rings (SSSR count). The van der Waals surface area contributed by atoms with Crippen molar-refractivity contribution in [3.63, 3.8) is 0 Å². The standard InChI is InChI=1S/C14H21NO3/c1-5-15(6-2)10-11-7-8-12(14(16)18-4)13(9-11)17-3/h7-9H,5-6,10H2,1-4H3. The minimum absolute atomic E-state index is 0.374. The van der Waals surface area contributed by atoms with Crippen molar-refractivity contribution in [1.82, 2.24) is 4.90 Å². The van der Waals surface area contributed by atoms with Crippen molar-refractivity contribution < 1.29 is 14.3 Å². The highest BCUT2D eigenvalue weighted by Crippen LogP contribution is 2.21. The van der Waals surface area contributed by atoms with Crippen LogP contribution in [0.25, 0.3) is 0 Å². The molecule has 4 heteroatoms. The molecule has 0 fully saturated rings. The molecule has 0 radical (unpaired) electrons. The van der Waals surface area contributed by atoms with Crippen molar-refractivity contribution in [2.45, 2.75) is 20.4 Å². The normalized spacial score (nSPS) is 10.5. The second kappa shape index (κ2) is 7.01. The number of nitrogens with zero attached hydrogens (tertiary/aromatic N) is 1. The summed E-state index contributed by atoms with van der Waals surface area (Å²) >= 11 is 0. The number of rotatable bonds is 6. The van der Waals surface area contributed by atoms with Gasteiger partial charge in [0.25, 0.3) is 0 Å². The maximum absolute atomic E-state index is 11.5. The summed E-state index contributed by atoms with van der Waals surface area (Å²) in [4.78, 5) is 13.8. The van der Waals surface area contributed by atoms with Crippen LogP contribution in [-0.2, 0) is 11.3 Å². The van der Waals surface area contributed by atoms with Gasteiger partial charge in [-0.3, -0.25) is 4.90 Å². The molecule has 0 saturated carbocycles. The molecule has 4 nitrogen and oxygen atoms in total. The van der Waals surface area contributed by atoms with Crippen LogP contribution in [0.1, 0.15) is 29.8 Å². The van der Waals surface area contributed by atoms with Gasteiger partial charge in [-0.1, -0.05) is 19.9 Å². The van der Waals surface area contributed by atoms with Crippen molar-refractivity contribution in [2.75, 3.05) is 27.3 Å². The van der Waals surface area contributed by atoms with Crippen LogP contribution in [0.5, 0.6) is 5.75 Å². The maximum Gasteiger partial charge on any atom is 0.341 e. The van der Waals surface area contributed by atoms with Crippen molar-refractivity contribution in [3.05, 3.63) is 29.3 Å². The third kappa shape index (κ3) is 3.47. The summed E-state index contributed by atoms with van der Waals surface area (Å²) in [6, 6.07) is 5.58. The fourth-order valence-corrected chi connectivity index (χ4v) is 1.82. The van der Waals surface area contributed by atoms with E-state index in [1.165, 1.54) is 7.11 Å². The van der Waals surface area contributed by atoms with Crippen LogP contribution in [0.4, 0.5) is 0 Å². The third-order valence-electron chi connectivity index (χ3n) is 2.97. The minimum atomic E-state index is -0.374. The van der Waals surface area contributed by atoms with Crippen LogP contribution in [0.3, 0.4) is 0 Å². The SMILES string of the molecule is CCN(CC)Cc1ccc(C(=O)OC)c(OC)c1. The summed E-state index contributed by atoms with van der Waals surface area (Å²) in [6.45, 7) is 7.10. The van der Waals surface area contributed by atoms with Gasteiger partial charge in [0, 0.05) is 6.54 Å². The fourth-order valence-electron chi connectivity index (χ4n) is 1.82. The van der Waals surface area contributed by atoms with Gasteiger partial charge in [-0.2, -0.15) is 0 Å². The average Bonchev–Trinajstić information content (AvgIpc) is 2.43. The highest BCUT2D eigenvalue weighted by molar-refractivity contribution is 5.92. The van der Waals surface area contributed by atoms with E-state index in [-0.39, 0.29) is 5.97 Å². The number of carbonyl (C=O) groups excluding carboxylic acids is 1. The number of esters is 1. The summed E-state index contributed by atoms with van der Waals surface area (Å²) in [5.74, 6) is 0.188. The lowest BCUT2D eigenvalue weighted by molar-refractivity contribution is 0.0597. The first-order chi connectivity index (χ1) is 8.65. The summed E-state index contributed by atoms with van der Waals surface area (Å²) in [6.07, 6.45) is 0. The number of carbonyl (C=O) groups is 1. The van der Waals surface area contributed by atoms with Gasteiger partial charge < -0.3 is 9.47 Å². The summed E-state index contributed by atoms with van der Waals surface area (Å²) in [5, 5.41) is 0. The largest absolute Gasteiger partial charge is 0.496 e. The molecule has 0 aromatic heterocycles. The molecular weight excluding hydrogens is 230 g/mol. The molecule has 0 unspecified atom stereocenters. The average molecular weight is 251 g/mol. The quantitative estimate of drug-likeness (QED) is 0.727. The number of methoxy groups -OCH3 is 2. The van der Waals surface area contributed by atoms with Gasteiger partial charge in [0.1, 0.15) is 11.3 Å². The van der Waals surface area contributed by atoms with Crippen molar-refractivity contribution >= 4 is 5.97 Å². The lowest BCUT2D eigenvalue weighted by Crippen LogP contribution is -2.22. The van der Waals surface area contributed by atoms with Crippen molar-refractivity contribution in [1.29, 1.82) is 0 Å². The Morgan fingerprint density at radius 2 is 1.89 bits per heavy atom. The summed E-state index contributed by atoms with van der Waals surface area (Å²) in [5.41, 5.74) is 1.59. The second-order valence-electron chi connectivity index (χ2n) is 3.99. The van der Waals surface area contributed by atoms with E-state index in [1.807, 2.05) is 12.1 Å². The van der Waals surface area contributed by atoms with E-state index in [0.717, 1.165) is 25.2 Å². The zero-order chi connectivity index (χ0) is 13.5. The molecule has 1 aromatic carbocycles. The molecule has 0 atom stereocenters. The van der Waals surface area contributed by atoms with E-state index in [0.29, 0.717) is 11.3 Å². The van der Waals surface area contributed by atoms with Gasteiger partial charge in [-0.25, -0.2) is 4.79 Å². The Balaban J connectivity index is 2.94. The summed E-state index contributed by atoms with van der Waals surface area (Å²) in [7, 11) is 2.93. The first kappa shape index (κ1) is 14.5. The third-order valence-corrected chi connectivity index (χ3v) is 2.97. The van der Waals surface area contributed by atoms with E-state index < -0.39 is 0 Å². The second-order valence-corrected chi connectivity index (χ2v) is 3.99.